The molecule has 39 heavy (non-hydrogen) atoms. The summed E-state index contributed by atoms with van der Waals surface area (Å²) in [7, 11) is 0. The van der Waals surface area contributed by atoms with Gasteiger partial charge in [-0.2, -0.15) is 10.4 Å². The summed E-state index contributed by atoms with van der Waals surface area (Å²) in [5.41, 5.74) is 1.38. The smallest absolute Gasteiger partial charge is 0.407 e. The van der Waals surface area contributed by atoms with E-state index in [1.807, 2.05) is 12.1 Å². The van der Waals surface area contributed by atoms with E-state index in [2.05, 4.69) is 26.8 Å². The molecular weight excluding hydrogens is 505 g/mol. The molecule has 5 rings (SSSR count). The van der Waals surface area contributed by atoms with E-state index >= 15 is 0 Å². The number of carbonyl (C=O) groups is 2. The number of nitrogens with zero attached hydrogens (tertiary/aromatic N) is 5. The highest BCUT2D eigenvalue weighted by atomic mass is 19.1. The van der Waals surface area contributed by atoms with Gasteiger partial charge in [0.25, 0.3) is 5.91 Å². The van der Waals surface area contributed by atoms with Crippen LogP contribution in [0, 0.1) is 11.3 Å². The number of pyridine rings is 1. The Kier molecular flexibility index (Phi) is 6.86. The minimum Gasteiger partial charge on any atom is -0.465 e. The molecule has 2 saturated heterocycles. The lowest BCUT2D eigenvalue weighted by Gasteiger charge is -2.38. The standard InChI is InChI=1S/C27H30FN7O4/c1-27(2,39)24(28)14-31-25(36)20-13-30-22(23-6-5-19-7-15(11-29)12-32-35(19)23)10-21(20)33-16-8-17-3-4-18(9-16)34(17)26(37)38/h5-7,10,12-13,16-18,24,39H,3-4,8-9,14H2,1-2H3,(H,30,33)(H,31,36)(H,37,38)/t16-,17-,18+,24-/m1/s1. The highest BCUT2D eigenvalue weighted by Gasteiger charge is 2.43. The number of nitrogens with one attached hydrogen (secondary N) is 2. The molecule has 2 fully saturated rings. The fourth-order valence-electron chi connectivity index (χ4n) is 5.50. The number of anilines is 1. The molecule has 2 amide bonds. The zero-order valence-electron chi connectivity index (χ0n) is 21.6. The van der Waals surface area contributed by atoms with Gasteiger partial charge in [0, 0.05) is 24.3 Å². The molecule has 0 aromatic carbocycles. The summed E-state index contributed by atoms with van der Waals surface area (Å²) >= 11 is 0. The Labute approximate surface area is 224 Å². The second kappa shape index (κ2) is 10.1. The number of alkyl halides is 1. The van der Waals surface area contributed by atoms with Crippen molar-refractivity contribution < 1.29 is 24.2 Å². The number of rotatable bonds is 7. The molecule has 204 valence electrons. The van der Waals surface area contributed by atoms with Crippen molar-refractivity contribution in [3.05, 3.63) is 47.8 Å². The summed E-state index contributed by atoms with van der Waals surface area (Å²) in [5, 5.41) is 39.0. The van der Waals surface area contributed by atoms with Gasteiger partial charge in [-0.3, -0.25) is 9.78 Å². The van der Waals surface area contributed by atoms with E-state index < -0.39 is 23.8 Å². The predicted molar refractivity (Wildman–Crippen MR) is 140 cm³/mol. The number of hydrogen-bond acceptors (Lipinski definition) is 7. The normalized spacial score (nSPS) is 21.4. The third kappa shape index (κ3) is 5.22. The van der Waals surface area contributed by atoms with Crippen LogP contribution < -0.4 is 10.6 Å². The summed E-state index contributed by atoms with van der Waals surface area (Å²) in [5.74, 6) is -0.550. The number of hydrogen-bond donors (Lipinski definition) is 4. The molecule has 0 radical (unpaired) electrons. The predicted octanol–water partition coefficient (Wildman–Crippen LogP) is 3.19. The lowest BCUT2D eigenvalue weighted by atomic mass is 9.97. The topological polar surface area (TPSA) is 156 Å². The quantitative estimate of drug-likeness (QED) is 0.359. The van der Waals surface area contributed by atoms with E-state index in [1.54, 1.807) is 16.6 Å². The van der Waals surface area contributed by atoms with Crippen molar-refractivity contribution in [2.75, 3.05) is 11.9 Å². The first-order chi connectivity index (χ1) is 18.5. The van der Waals surface area contributed by atoms with Gasteiger partial charge in [0.1, 0.15) is 12.2 Å². The van der Waals surface area contributed by atoms with Crippen LogP contribution >= 0.6 is 0 Å². The van der Waals surface area contributed by atoms with Crippen LogP contribution in [0.5, 0.6) is 0 Å². The number of piperidine rings is 1. The van der Waals surface area contributed by atoms with Crippen molar-refractivity contribution in [1.82, 2.24) is 24.8 Å². The molecule has 4 N–H and O–H groups in total. The molecular formula is C27H30FN7O4. The molecule has 2 aliphatic rings. The van der Waals surface area contributed by atoms with Crippen LogP contribution in [0.3, 0.4) is 0 Å². The first-order valence-electron chi connectivity index (χ1n) is 12.9. The van der Waals surface area contributed by atoms with Gasteiger partial charge in [-0.15, -0.1) is 0 Å². The van der Waals surface area contributed by atoms with Crippen LogP contribution in [0.4, 0.5) is 14.9 Å². The summed E-state index contributed by atoms with van der Waals surface area (Å²) in [6, 6.07) is 8.87. The van der Waals surface area contributed by atoms with Crippen LogP contribution in [-0.2, 0) is 0 Å². The first kappa shape index (κ1) is 26.4. The maximum Gasteiger partial charge on any atom is 0.407 e. The third-order valence-electron chi connectivity index (χ3n) is 7.56. The van der Waals surface area contributed by atoms with Gasteiger partial charge in [-0.05, 0) is 63.8 Å². The van der Waals surface area contributed by atoms with Gasteiger partial charge in [0.15, 0.2) is 0 Å². The summed E-state index contributed by atoms with van der Waals surface area (Å²) in [4.78, 5) is 30.9. The molecule has 0 unspecified atom stereocenters. The fraction of sp³-hybridized carbons (Fsp3) is 0.444. The van der Waals surface area contributed by atoms with Crippen LogP contribution in [0.25, 0.3) is 16.9 Å². The molecule has 0 spiro atoms. The maximum atomic E-state index is 14.3. The molecule has 2 aliphatic heterocycles. The zero-order chi connectivity index (χ0) is 27.9. The number of halogens is 1. The Bertz CT molecular complexity index is 1450. The second-order valence-corrected chi connectivity index (χ2v) is 10.7. The highest BCUT2D eigenvalue weighted by molar-refractivity contribution is 6.00. The number of carbonyl (C=O) groups excluding carboxylic acids is 1. The SMILES string of the molecule is CC(C)(O)[C@H](F)CNC(=O)c1cnc(-c2ccc3cc(C#N)cnn23)cc1N[C@@H]1C[C@H]2CC[C@@H](C1)N2C(=O)O. The lowest BCUT2D eigenvalue weighted by molar-refractivity contribution is -0.00177. The van der Waals surface area contributed by atoms with Crippen molar-refractivity contribution in [1.29, 1.82) is 5.26 Å². The van der Waals surface area contributed by atoms with Gasteiger partial charge in [0.2, 0.25) is 0 Å². The van der Waals surface area contributed by atoms with E-state index in [-0.39, 0.29) is 30.2 Å². The summed E-state index contributed by atoms with van der Waals surface area (Å²) < 4.78 is 16.0. The van der Waals surface area contributed by atoms with Crippen molar-refractivity contribution in [2.24, 2.45) is 0 Å². The molecule has 2 bridgehead atoms. The number of nitriles is 1. The van der Waals surface area contributed by atoms with Gasteiger partial charge in [0.05, 0.1) is 52.1 Å². The molecule has 11 nitrogen and oxygen atoms in total. The molecule has 3 aromatic rings. The van der Waals surface area contributed by atoms with E-state index in [4.69, 9.17) is 0 Å². The van der Waals surface area contributed by atoms with Crippen LogP contribution in [-0.4, -0.2) is 78.2 Å². The van der Waals surface area contributed by atoms with Crippen molar-refractivity contribution in [2.45, 2.75) is 69.4 Å². The monoisotopic (exact) mass is 535 g/mol. The van der Waals surface area contributed by atoms with Crippen LogP contribution in [0.2, 0.25) is 0 Å². The number of fused-ring (bicyclic) bond motifs is 3. The van der Waals surface area contributed by atoms with E-state index in [0.717, 1.165) is 12.8 Å². The Morgan fingerprint density at radius 1 is 1.23 bits per heavy atom. The molecule has 3 aromatic heterocycles. The van der Waals surface area contributed by atoms with Crippen molar-refractivity contribution in [3.8, 4) is 17.5 Å². The highest BCUT2D eigenvalue weighted by Crippen LogP contribution is 2.37. The number of aromatic nitrogens is 3. The van der Waals surface area contributed by atoms with Crippen LogP contribution in [0.1, 0.15) is 55.5 Å². The van der Waals surface area contributed by atoms with E-state index in [1.165, 1.54) is 31.1 Å². The number of aliphatic hydroxyl groups is 1. The summed E-state index contributed by atoms with van der Waals surface area (Å²) in [6.45, 7) is 2.29. The molecule has 5 heterocycles. The maximum absolute atomic E-state index is 14.3. The Morgan fingerprint density at radius 2 is 1.95 bits per heavy atom. The number of carboxylic acid groups (broad SMARTS) is 1. The second-order valence-electron chi connectivity index (χ2n) is 10.7. The number of amides is 2. The van der Waals surface area contributed by atoms with Gasteiger partial charge < -0.3 is 25.7 Å². The van der Waals surface area contributed by atoms with E-state index in [9.17, 15) is 29.5 Å². The molecule has 12 heteroatoms. The van der Waals surface area contributed by atoms with Gasteiger partial charge >= 0.3 is 6.09 Å². The van der Waals surface area contributed by atoms with Gasteiger partial charge in [-0.1, -0.05) is 0 Å². The minimum atomic E-state index is -1.67. The molecule has 0 saturated carbocycles. The minimum absolute atomic E-state index is 0.0782. The van der Waals surface area contributed by atoms with E-state index in [0.29, 0.717) is 41.0 Å². The van der Waals surface area contributed by atoms with Crippen LogP contribution in [0.15, 0.2) is 36.7 Å². The molecule has 4 atom stereocenters. The Balaban J connectivity index is 1.46. The summed E-state index contributed by atoms with van der Waals surface area (Å²) in [6.07, 6.45) is 3.08. The average molecular weight is 536 g/mol. The lowest BCUT2D eigenvalue weighted by Crippen LogP contribution is -2.49. The molecule has 0 aliphatic carbocycles. The Morgan fingerprint density at radius 3 is 2.59 bits per heavy atom. The largest absolute Gasteiger partial charge is 0.465 e. The van der Waals surface area contributed by atoms with Gasteiger partial charge in [-0.25, -0.2) is 13.7 Å². The Hall–Kier alpha value is -4.24. The van der Waals surface area contributed by atoms with Crippen molar-refractivity contribution in [3.63, 3.8) is 0 Å². The van der Waals surface area contributed by atoms with Crippen molar-refractivity contribution >= 4 is 23.2 Å². The average Bonchev–Trinajstić information content (AvgIpc) is 3.44. The fourth-order valence-corrected chi connectivity index (χ4v) is 5.50. The zero-order valence-corrected chi connectivity index (χ0v) is 21.6. The third-order valence-corrected chi connectivity index (χ3v) is 7.56. The first-order valence-corrected chi connectivity index (χ1v) is 12.9.